The Morgan fingerprint density at radius 3 is 1.67 bits per heavy atom. The molecule has 6 heavy (non-hydrogen) atoms. The van der Waals surface area contributed by atoms with Gasteiger partial charge < -0.3 is 5.73 Å². The van der Waals surface area contributed by atoms with Gasteiger partial charge in [-0.15, -0.1) is 12.4 Å². The Balaban J connectivity index is 0. The average molecular weight is 108 g/mol. The summed E-state index contributed by atoms with van der Waals surface area (Å²) in [6.07, 6.45) is 1.58. The molecule has 0 radical (unpaired) electrons. The molecule has 0 amide bonds. The lowest BCUT2D eigenvalue weighted by atomic mass is 10.4. The molecule has 0 aromatic rings. The summed E-state index contributed by atoms with van der Waals surface area (Å²) >= 11 is 0. The molecule has 0 spiro atoms. The molecule has 38 valence electrons. The number of hydrogen-bond acceptors (Lipinski definition) is 1. The Morgan fingerprint density at radius 2 is 1.67 bits per heavy atom. The minimum atomic E-state index is 0. The molecule has 0 saturated carbocycles. The molecule has 0 aliphatic heterocycles. The molecule has 0 aliphatic rings. The van der Waals surface area contributed by atoms with Crippen LogP contribution >= 0.6 is 12.4 Å². The monoisotopic (exact) mass is 107 g/mol. The van der Waals surface area contributed by atoms with Crippen molar-refractivity contribution >= 4 is 12.4 Å². The van der Waals surface area contributed by atoms with Gasteiger partial charge >= 0.3 is 0 Å². The molecule has 0 aromatic heterocycles. The van der Waals surface area contributed by atoms with Crippen molar-refractivity contribution in [1.82, 2.24) is 0 Å². The van der Waals surface area contributed by atoms with Crippen LogP contribution in [0.1, 0.15) is 13.8 Å². The SMILES string of the molecule is CC(C)=CN.Cl. The molecule has 0 aromatic carbocycles. The molecule has 0 rings (SSSR count). The first-order valence-electron chi connectivity index (χ1n) is 1.62. The zero-order valence-electron chi connectivity index (χ0n) is 4.06. The smallest absolute Gasteiger partial charge is 0.00761 e. The van der Waals surface area contributed by atoms with E-state index in [4.69, 9.17) is 5.73 Å². The van der Waals surface area contributed by atoms with E-state index < -0.39 is 0 Å². The predicted octanol–water partition coefficient (Wildman–Crippen LogP) is 1.29. The highest BCUT2D eigenvalue weighted by Crippen LogP contribution is 1.78. The molecule has 2 heteroatoms. The van der Waals surface area contributed by atoms with Crippen LogP contribution in [0.2, 0.25) is 0 Å². The minimum absolute atomic E-state index is 0. The quantitative estimate of drug-likeness (QED) is 0.496. The Bertz CT molecular complexity index is 45.5. The molecule has 1 nitrogen and oxygen atoms in total. The van der Waals surface area contributed by atoms with E-state index in [0.29, 0.717) is 0 Å². The fourth-order valence-corrected chi connectivity index (χ4v) is 0. The molecular weight excluding hydrogens is 97.5 g/mol. The maximum Gasteiger partial charge on any atom is -0.00761 e. The first-order chi connectivity index (χ1) is 2.27. The van der Waals surface area contributed by atoms with Crippen LogP contribution < -0.4 is 5.73 Å². The number of allylic oxidation sites excluding steroid dienone is 1. The Kier molecular flexibility index (Phi) is 7.46. The van der Waals surface area contributed by atoms with E-state index in [-0.39, 0.29) is 12.4 Å². The van der Waals surface area contributed by atoms with Crippen molar-refractivity contribution in [2.75, 3.05) is 0 Å². The van der Waals surface area contributed by atoms with Gasteiger partial charge in [0.1, 0.15) is 0 Å². The number of hydrogen-bond donors (Lipinski definition) is 1. The fourth-order valence-electron chi connectivity index (χ4n) is 0. The summed E-state index contributed by atoms with van der Waals surface area (Å²) in [7, 11) is 0. The number of nitrogens with two attached hydrogens (primary N) is 1. The first kappa shape index (κ1) is 9.27. The number of rotatable bonds is 0. The van der Waals surface area contributed by atoms with Crippen molar-refractivity contribution in [1.29, 1.82) is 0 Å². The lowest BCUT2D eigenvalue weighted by molar-refractivity contribution is 1.34. The summed E-state index contributed by atoms with van der Waals surface area (Å²) in [5, 5.41) is 0. The van der Waals surface area contributed by atoms with Crippen molar-refractivity contribution in [3.8, 4) is 0 Å². The van der Waals surface area contributed by atoms with Gasteiger partial charge in [0.15, 0.2) is 0 Å². The van der Waals surface area contributed by atoms with E-state index in [1.54, 1.807) is 6.20 Å². The summed E-state index contributed by atoms with van der Waals surface area (Å²) in [4.78, 5) is 0. The van der Waals surface area contributed by atoms with Crippen molar-refractivity contribution in [2.24, 2.45) is 5.73 Å². The van der Waals surface area contributed by atoms with Crippen molar-refractivity contribution < 1.29 is 0 Å². The largest absolute Gasteiger partial charge is 0.405 e. The van der Waals surface area contributed by atoms with Gasteiger partial charge in [-0.25, -0.2) is 0 Å². The van der Waals surface area contributed by atoms with E-state index in [1.807, 2.05) is 13.8 Å². The Morgan fingerprint density at radius 1 is 1.50 bits per heavy atom. The lowest BCUT2D eigenvalue weighted by Gasteiger charge is -1.74. The molecule has 0 unspecified atom stereocenters. The average Bonchev–Trinajstić information content (AvgIpc) is 1.38. The molecule has 0 aliphatic carbocycles. The van der Waals surface area contributed by atoms with Crippen LogP contribution in [0, 0.1) is 0 Å². The van der Waals surface area contributed by atoms with E-state index in [9.17, 15) is 0 Å². The van der Waals surface area contributed by atoms with Gasteiger partial charge in [0, 0.05) is 0 Å². The maximum atomic E-state index is 5.01. The third kappa shape index (κ3) is 9.16. The summed E-state index contributed by atoms with van der Waals surface area (Å²) in [6, 6.07) is 0. The maximum absolute atomic E-state index is 5.01. The second-order valence-corrected chi connectivity index (χ2v) is 1.24. The fraction of sp³-hybridized carbons (Fsp3) is 0.500. The Hall–Kier alpha value is -0.170. The van der Waals surface area contributed by atoms with Crippen LogP contribution in [0.3, 0.4) is 0 Å². The molecule has 0 atom stereocenters. The molecule has 0 heterocycles. The van der Waals surface area contributed by atoms with Crippen LogP contribution in [0.25, 0.3) is 0 Å². The van der Waals surface area contributed by atoms with Gasteiger partial charge in [-0.1, -0.05) is 5.57 Å². The second-order valence-electron chi connectivity index (χ2n) is 1.24. The summed E-state index contributed by atoms with van der Waals surface area (Å²) < 4.78 is 0. The van der Waals surface area contributed by atoms with E-state index >= 15 is 0 Å². The molecular formula is C4H10ClN. The van der Waals surface area contributed by atoms with Crippen molar-refractivity contribution in [3.05, 3.63) is 11.8 Å². The zero-order chi connectivity index (χ0) is 4.28. The van der Waals surface area contributed by atoms with Gasteiger partial charge in [0.25, 0.3) is 0 Å². The summed E-state index contributed by atoms with van der Waals surface area (Å²) in [6.45, 7) is 3.92. The van der Waals surface area contributed by atoms with Crippen LogP contribution in [-0.2, 0) is 0 Å². The van der Waals surface area contributed by atoms with Gasteiger partial charge in [-0.2, -0.15) is 0 Å². The van der Waals surface area contributed by atoms with Crippen molar-refractivity contribution in [2.45, 2.75) is 13.8 Å². The summed E-state index contributed by atoms with van der Waals surface area (Å²) in [5.41, 5.74) is 6.17. The molecule has 0 saturated heterocycles. The molecule has 0 fully saturated rings. The summed E-state index contributed by atoms with van der Waals surface area (Å²) in [5.74, 6) is 0. The van der Waals surface area contributed by atoms with E-state index in [0.717, 1.165) is 5.57 Å². The van der Waals surface area contributed by atoms with E-state index in [1.165, 1.54) is 0 Å². The topological polar surface area (TPSA) is 26.0 Å². The predicted molar refractivity (Wildman–Crippen MR) is 30.9 cm³/mol. The highest BCUT2D eigenvalue weighted by atomic mass is 35.5. The molecule has 0 bridgehead atoms. The lowest BCUT2D eigenvalue weighted by Crippen LogP contribution is -1.76. The standard InChI is InChI=1S/C4H9N.ClH/c1-4(2)3-5;/h3H,5H2,1-2H3;1H. The minimum Gasteiger partial charge on any atom is -0.405 e. The van der Waals surface area contributed by atoms with Crippen LogP contribution in [0.5, 0.6) is 0 Å². The van der Waals surface area contributed by atoms with Gasteiger partial charge in [0.2, 0.25) is 0 Å². The van der Waals surface area contributed by atoms with Crippen molar-refractivity contribution in [3.63, 3.8) is 0 Å². The highest BCUT2D eigenvalue weighted by Gasteiger charge is 1.61. The third-order valence-electron chi connectivity index (χ3n) is 0.333. The molecule has 2 N–H and O–H groups in total. The highest BCUT2D eigenvalue weighted by molar-refractivity contribution is 5.85. The van der Waals surface area contributed by atoms with Gasteiger partial charge in [0.05, 0.1) is 0 Å². The first-order valence-corrected chi connectivity index (χ1v) is 1.62. The van der Waals surface area contributed by atoms with Gasteiger partial charge in [-0.3, -0.25) is 0 Å². The normalized spacial score (nSPS) is 5.67. The van der Waals surface area contributed by atoms with Gasteiger partial charge in [-0.05, 0) is 20.0 Å². The Labute approximate surface area is 44.6 Å². The second kappa shape index (κ2) is 4.83. The number of halogens is 1. The van der Waals surface area contributed by atoms with Crippen LogP contribution in [-0.4, -0.2) is 0 Å². The van der Waals surface area contributed by atoms with Crippen LogP contribution in [0.4, 0.5) is 0 Å². The third-order valence-corrected chi connectivity index (χ3v) is 0.333. The zero-order valence-corrected chi connectivity index (χ0v) is 4.88. The van der Waals surface area contributed by atoms with Crippen LogP contribution in [0.15, 0.2) is 11.8 Å². The van der Waals surface area contributed by atoms with E-state index in [2.05, 4.69) is 0 Å².